The van der Waals surface area contributed by atoms with Crippen LogP contribution in [0.15, 0.2) is 18.2 Å². The maximum Gasteiger partial charge on any atom is 0.252 e. The van der Waals surface area contributed by atoms with Crippen LogP contribution in [-0.2, 0) is 10.0 Å². The van der Waals surface area contributed by atoms with Crippen LogP contribution in [0, 0.1) is 23.2 Å². The maximum absolute atomic E-state index is 12.7. The molecule has 160 valence electrons. The van der Waals surface area contributed by atoms with Gasteiger partial charge in [0.1, 0.15) is 0 Å². The van der Waals surface area contributed by atoms with Crippen LogP contribution in [-0.4, -0.2) is 44.0 Å². The molecule has 0 bridgehead atoms. The van der Waals surface area contributed by atoms with Crippen molar-refractivity contribution in [3.8, 4) is 0 Å². The second kappa shape index (κ2) is 8.03. The first-order valence-electron chi connectivity index (χ1n) is 10.5. The van der Waals surface area contributed by atoms with E-state index in [9.17, 15) is 13.2 Å². The number of fused-ring (bicyclic) bond motifs is 1. The van der Waals surface area contributed by atoms with Gasteiger partial charge < -0.3 is 5.32 Å². The molecule has 0 spiro atoms. The summed E-state index contributed by atoms with van der Waals surface area (Å²) in [6.45, 7) is 3.79. The smallest absolute Gasteiger partial charge is 0.252 e. The lowest BCUT2D eigenvalue weighted by Gasteiger charge is -2.27. The molecular formula is C21H28Cl2N2O3S. The highest BCUT2D eigenvalue weighted by Crippen LogP contribution is 2.67. The van der Waals surface area contributed by atoms with Crippen molar-refractivity contribution in [2.24, 2.45) is 23.2 Å². The summed E-state index contributed by atoms with van der Waals surface area (Å²) in [5.41, 5.74) is 0.458. The average molecular weight is 459 g/mol. The number of amides is 1. The van der Waals surface area contributed by atoms with Crippen molar-refractivity contribution in [3.63, 3.8) is 0 Å². The number of hydrogen-bond donors (Lipinski definition) is 1. The molecular weight excluding hydrogens is 431 g/mol. The third-order valence-corrected chi connectivity index (χ3v) is 9.36. The average Bonchev–Trinajstić information content (AvgIpc) is 3.53. The maximum atomic E-state index is 12.7. The zero-order valence-electron chi connectivity index (χ0n) is 16.7. The van der Waals surface area contributed by atoms with Crippen LogP contribution in [0.25, 0.3) is 0 Å². The molecule has 0 aromatic heterocycles. The van der Waals surface area contributed by atoms with Gasteiger partial charge in [0.05, 0.1) is 16.3 Å². The van der Waals surface area contributed by atoms with Crippen molar-refractivity contribution in [2.75, 3.05) is 25.4 Å². The number of nitrogens with zero attached hydrogens (tertiary/aromatic N) is 1. The molecule has 0 radical (unpaired) electrons. The summed E-state index contributed by atoms with van der Waals surface area (Å²) in [7, 11) is -3.16. The van der Waals surface area contributed by atoms with Crippen LogP contribution in [0.1, 0.15) is 49.4 Å². The summed E-state index contributed by atoms with van der Waals surface area (Å²) in [5.74, 6) is 1.46. The van der Waals surface area contributed by atoms with Crippen molar-refractivity contribution < 1.29 is 13.2 Å². The van der Waals surface area contributed by atoms with E-state index in [-0.39, 0.29) is 17.1 Å². The van der Waals surface area contributed by atoms with Gasteiger partial charge in [0.2, 0.25) is 10.0 Å². The molecule has 2 aliphatic carbocycles. The van der Waals surface area contributed by atoms with E-state index in [1.54, 1.807) is 22.5 Å². The Labute approximate surface area is 183 Å². The predicted molar refractivity (Wildman–Crippen MR) is 116 cm³/mol. The van der Waals surface area contributed by atoms with Crippen LogP contribution in [0.3, 0.4) is 0 Å². The first kappa shape index (κ1) is 21.4. The minimum absolute atomic E-state index is 0.0342. The quantitative estimate of drug-likeness (QED) is 0.602. The summed E-state index contributed by atoms with van der Waals surface area (Å²) >= 11 is 12.1. The van der Waals surface area contributed by atoms with Gasteiger partial charge in [-0.3, -0.25) is 4.79 Å². The molecule has 1 amide bonds. The van der Waals surface area contributed by atoms with E-state index in [2.05, 4.69) is 5.32 Å². The highest BCUT2D eigenvalue weighted by molar-refractivity contribution is 7.89. The van der Waals surface area contributed by atoms with E-state index in [1.807, 2.05) is 6.92 Å². The summed E-state index contributed by atoms with van der Waals surface area (Å²) in [4.78, 5) is 12.7. The van der Waals surface area contributed by atoms with E-state index < -0.39 is 10.0 Å². The topological polar surface area (TPSA) is 66.5 Å². The van der Waals surface area contributed by atoms with Crippen LogP contribution >= 0.6 is 23.2 Å². The molecule has 29 heavy (non-hydrogen) atoms. The number of hydrogen-bond acceptors (Lipinski definition) is 3. The molecule has 2 saturated carbocycles. The van der Waals surface area contributed by atoms with Crippen molar-refractivity contribution in [1.29, 1.82) is 0 Å². The summed E-state index contributed by atoms with van der Waals surface area (Å²) in [6.07, 6.45) is 5.16. The SMILES string of the molecule is CCCCS(=O)(=O)N1CC2C(C1)C2(CNC(=O)c1ccc(Cl)cc1Cl)CC1CC1. The van der Waals surface area contributed by atoms with Crippen LogP contribution in [0.4, 0.5) is 0 Å². The molecule has 1 aromatic carbocycles. The van der Waals surface area contributed by atoms with Crippen molar-refractivity contribution >= 4 is 39.1 Å². The third-order valence-electron chi connectivity index (χ3n) is 6.92. The summed E-state index contributed by atoms with van der Waals surface area (Å²) in [6, 6.07) is 4.87. The van der Waals surface area contributed by atoms with Gasteiger partial charge >= 0.3 is 0 Å². The molecule has 8 heteroatoms. The number of piperidine rings is 1. The predicted octanol–water partition coefficient (Wildman–Crippen LogP) is 4.20. The fourth-order valence-corrected chi connectivity index (χ4v) is 7.18. The Bertz CT molecular complexity index is 889. The molecule has 1 heterocycles. The number of nitrogens with one attached hydrogen (secondary N) is 1. The Balaban J connectivity index is 1.41. The summed E-state index contributed by atoms with van der Waals surface area (Å²) < 4.78 is 26.8. The second-order valence-electron chi connectivity index (χ2n) is 8.89. The van der Waals surface area contributed by atoms with Crippen LogP contribution in [0.5, 0.6) is 0 Å². The zero-order chi connectivity index (χ0) is 20.8. The van der Waals surface area contributed by atoms with Crippen LogP contribution < -0.4 is 5.32 Å². The Morgan fingerprint density at radius 2 is 1.93 bits per heavy atom. The lowest BCUT2D eigenvalue weighted by atomic mass is 9.92. The van der Waals surface area contributed by atoms with E-state index in [4.69, 9.17) is 23.2 Å². The third kappa shape index (κ3) is 4.32. The normalized spacial score (nSPS) is 28.9. The van der Waals surface area contributed by atoms with Gasteiger partial charge in [0, 0.05) is 24.7 Å². The zero-order valence-corrected chi connectivity index (χ0v) is 19.0. The number of benzene rings is 1. The molecule has 1 aliphatic heterocycles. The number of unbranched alkanes of at least 4 members (excludes halogenated alkanes) is 1. The Morgan fingerprint density at radius 1 is 1.24 bits per heavy atom. The van der Waals surface area contributed by atoms with Gasteiger partial charge in [-0.25, -0.2) is 12.7 Å². The van der Waals surface area contributed by atoms with E-state index in [1.165, 1.54) is 12.8 Å². The number of carbonyl (C=O) groups is 1. The Hall–Kier alpha value is -0.820. The molecule has 2 atom stereocenters. The molecule has 4 rings (SSSR count). The Morgan fingerprint density at radius 3 is 2.52 bits per heavy atom. The number of halogens is 2. The number of rotatable bonds is 9. The van der Waals surface area contributed by atoms with Crippen molar-refractivity contribution in [3.05, 3.63) is 33.8 Å². The van der Waals surface area contributed by atoms with E-state index >= 15 is 0 Å². The summed E-state index contributed by atoms with van der Waals surface area (Å²) in [5, 5.41) is 3.92. The largest absolute Gasteiger partial charge is 0.351 e. The minimum atomic E-state index is -3.16. The molecule has 5 nitrogen and oxygen atoms in total. The first-order valence-corrected chi connectivity index (χ1v) is 12.8. The fraction of sp³-hybridized carbons (Fsp3) is 0.667. The van der Waals surface area contributed by atoms with Gasteiger partial charge in [-0.1, -0.05) is 49.4 Å². The highest BCUT2D eigenvalue weighted by Gasteiger charge is 2.69. The monoisotopic (exact) mass is 458 g/mol. The van der Waals surface area contributed by atoms with Gasteiger partial charge in [-0.15, -0.1) is 0 Å². The molecule has 2 unspecified atom stereocenters. The van der Waals surface area contributed by atoms with Gasteiger partial charge in [-0.05, 0) is 54.2 Å². The molecule has 3 fully saturated rings. The molecule has 1 aromatic rings. The van der Waals surface area contributed by atoms with Crippen molar-refractivity contribution in [2.45, 2.75) is 39.0 Å². The minimum Gasteiger partial charge on any atom is -0.351 e. The van der Waals surface area contributed by atoms with Gasteiger partial charge in [-0.2, -0.15) is 0 Å². The first-order chi connectivity index (χ1) is 13.8. The Kier molecular flexibility index (Phi) is 5.93. The van der Waals surface area contributed by atoms with Gasteiger partial charge in [0.15, 0.2) is 0 Å². The number of carbonyl (C=O) groups excluding carboxylic acids is 1. The van der Waals surface area contributed by atoms with Gasteiger partial charge in [0.25, 0.3) is 5.91 Å². The number of sulfonamides is 1. The van der Waals surface area contributed by atoms with Crippen molar-refractivity contribution in [1.82, 2.24) is 9.62 Å². The molecule has 1 saturated heterocycles. The van der Waals surface area contributed by atoms with E-state index in [0.717, 1.165) is 18.8 Å². The highest BCUT2D eigenvalue weighted by atomic mass is 35.5. The lowest BCUT2D eigenvalue weighted by molar-refractivity contribution is 0.0937. The fourth-order valence-electron chi connectivity index (χ4n) is 5.00. The lowest BCUT2D eigenvalue weighted by Crippen LogP contribution is -2.40. The second-order valence-corrected chi connectivity index (χ2v) is 11.8. The van der Waals surface area contributed by atoms with Crippen LogP contribution in [0.2, 0.25) is 10.0 Å². The molecule has 3 aliphatic rings. The standard InChI is InChI=1S/C21H28Cl2N2O3S/c1-2-3-8-29(27,28)25-11-17-18(12-25)21(17,10-14-4-5-14)13-24-20(26)16-7-6-15(22)9-19(16)23/h6-7,9,14,17-18H,2-5,8,10-13H2,1H3,(H,24,26). The van der Waals surface area contributed by atoms with E-state index in [0.29, 0.717) is 53.5 Å². The molecule has 1 N–H and O–H groups in total.